The molecule has 0 bridgehead atoms. The summed E-state index contributed by atoms with van der Waals surface area (Å²) in [6.45, 7) is 4.07. The summed E-state index contributed by atoms with van der Waals surface area (Å²) in [5.41, 5.74) is 0.285. The van der Waals surface area contributed by atoms with Crippen LogP contribution in [0.15, 0.2) is 6.33 Å². The summed E-state index contributed by atoms with van der Waals surface area (Å²) in [5, 5.41) is 3.17. The molecule has 1 aliphatic rings. The molecule has 1 aromatic rings. The van der Waals surface area contributed by atoms with Gasteiger partial charge in [-0.2, -0.15) is 9.37 Å². The molecule has 1 aliphatic heterocycles. The van der Waals surface area contributed by atoms with Crippen molar-refractivity contribution in [3.05, 3.63) is 17.8 Å². The molecular formula is C10H14FN3O2. The number of morpholine rings is 1. The molecule has 88 valence electrons. The first-order valence-electron chi connectivity index (χ1n) is 5.19. The molecule has 1 N–H and O–H groups in total. The van der Waals surface area contributed by atoms with E-state index in [0.29, 0.717) is 19.8 Å². The predicted molar refractivity (Wildman–Crippen MR) is 54.8 cm³/mol. The van der Waals surface area contributed by atoms with Crippen LogP contribution in [0.4, 0.5) is 4.39 Å². The molecule has 0 aliphatic carbocycles. The molecule has 1 aromatic heterocycles. The Morgan fingerprint density at radius 2 is 2.50 bits per heavy atom. The second-order valence-corrected chi connectivity index (χ2v) is 3.59. The Morgan fingerprint density at radius 1 is 1.62 bits per heavy atom. The number of nitrogens with zero attached hydrogens (tertiary/aromatic N) is 2. The van der Waals surface area contributed by atoms with Gasteiger partial charge in [0.25, 0.3) is 5.88 Å². The van der Waals surface area contributed by atoms with Crippen LogP contribution in [0.1, 0.15) is 5.69 Å². The number of aryl methyl sites for hydroxylation is 1. The first-order valence-corrected chi connectivity index (χ1v) is 5.19. The highest BCUT2D eigenvalue weighted by atomic mass is 19.1. The number of hydrogen-bond acceptors (Lipinski definition) is 5. The second-order valence-electron chi connectivity index (χ2n) is 3.59. The third kappa shape index (κ3) is 2.65. The maximum absolute atomic E-state index is 13.4. The zero-order valence-corrected chi connectivity index (χ0v) is 9.07. The molecule has 0 saturated carbocycles. The Labute approximate surface area is 93.0 Å². The van der Waals surface area contributed by atoms with Crippen molar-refractivity contribution in [3.8, 4) is 5.88 Å². The largest absolute Gasteiger partial charge is 0.473 e. The lowest BCUT2D eigenvalue weighted by molar-refractivity contribution is -0.00164. The predicted octanol–water partition coefficient (Wildman–Crippen LogP) is 0.291. The number of hydrogen-bond donors (Lipinski definition) is 1. The highest BCUT2D eigenvalue weighted by molar-refractivity contribution is 5.15. The van der Waals surface area contributed by atoms with Crippen LogP contribution >= 0.6 is 0 Å². The quantitative estimate of drug-likeness (QED) is 0.804. The van der Waals surface area contributed by atoms with E-state index >= 15 is 0 Å². The summed E-state index contributed by atoms with van der Waals surface area (Å²) in [6, 6.07) is 0. The molecule has 0 aromatic carbocycles. The van der Waals surface area contributed by atoms with Gasteiger partial charge >= 0.3 is 0 Å². The van der Waals surface area contributed by atoms with Gasteiger partial charge in [-0.3, -0.25) is 0 Å². The van der Waals surface area contributed by atoms with Gasteiger partial charge < -0.3 is 14.8 Å². The van der Waals surface area contributed by atoms with Crippen LogP contribution in [0.25, 0.3) is 0 Å². The van der Waals surface area contributed by atoms with E-state index in [9.17, 15) is 4.39 Å². The normalized spacial score (nSPS) is 20.8. The van der Waals surface area contributed by atoms with E-state index in [-0.39, 0.29) is 17.7 Å². The van der Waals surface area contributed by atoms with E-state index in [2.05, 4.69) is 15.3 Å². The van der Waals surface area contributed by atoms with Gasteiger partial charge in [0.15, 0.2) is 0 Å². The number of aromatic nitrogens is 2. The van der Waals surface area contributed by atoms with Gasteiger partial charge in [0.2, 0.25) is 5.82 Å². The standard InChI is InChI=1S/C10H14FN3O2/c1-7-9(11)10(14-6-13-7)16-5-8-4-12-2-3-15-8/h6,8,12H,2-5H2,1H3. The molecule has 16 heavy (non-hydrogen) atoms. The topological polar surface area (TPSA) is 56.3 Å². The minimum absolute atomic E-state index is 0.0123. The van der Waals surface area contributed by atoms with Crippen molar-refractivity contribution in [1.29, 1.82) is 0 Å². The molecule has 1 saturated heterocycles. The smallest absolute Gasteiger partial charge is 0.253 e. The Bertz CT molecular complexity index is 356. The first-order chi connectivity index (χ1) is 7.77. The summed E-state index contributed by atoms with van der Waals surface area (Å²) < 4.78 is 24.1. The fourth-order valence-electron chi connectivity index (χ4n) is 1.44. The number of ether oxygens (including phenoxy) is 2. The third-order valence-electron chi connectivity index (χ3n) is 2.34. The first kappa shape index (κ1) is 11.2. The maximum atomic E-state index is 13.4. The fraction of sp³-hybridized carbons (Fsp3) is 0.600. The highest BCUT2D eigenvalue weighted by Gasteiger charge is 2.16. The van der Waals surface area contributed by atoms with Gasteiger partial charge in [-0.1, -0.05) is 0 Å². The summed E-state index contributed by atoms with van der Waals surface area (Å²) in [4.78, 5) is 7.46. The molecule has 2 rings (SSSR count). The van der Waals surface area contributed by atoms with Crippen molar-refractivity contribution >= 4 is 0 Å². The van der Waals surface area contributed by atoms with E-state index in [1.54, 1.807) is 6.92 Å². The van der Waals surface area contributed by atoms with Crippen molar-refractivity contribution in [2.24, 2.45) is 0 Å². The summed E-state index contributed by atoms with van der Waals surface area (Å²) in [6.07, 6.45) is 1.23. The average Bonchev–Trinajstić information content (AvgIpc) is 2.32. The van der Waals surface area contributed by atoms with Crippen LogP contribution in [0.2, 0.25) is 0 Å². The molecule has 0 radical (unpaired) electrons. The molecule has 1 atom stereocenters. The fourth-order valence-corrected chi connectivity index (χ4v) is 1.44. The van der Waals surface area contributed by atoms with Crippen molar-refractivity contribution < 1.29 is 13.9 Å². The van der Waals surface area contributed by atoms with Crippen LogP contribution in [0.3, 0.4) is 0 Å². The van der Waals surface area contributed by atoms with E-state index in [4.69, 9.17) is 9.47 Å². The lowest BCUT2D eigenvalue weighted by Gasteiger charge is -2.23. The summed E-state index contributed by atoms with van der Waals surface area (Å²) in [5.74, 6) is -0.520. The molecule has 1 unspecified atom stereocenters. The Balaban J connectivity index is 1.91. The molecule has 2 heterocycles. The Kier molecular flexibility index (Phi) is 3.63. The molecule has 0 amide bonds. The molecule has 0 spiro atoms. The van der Waals surface area contributed by atoms with E-state index < -0.39 is 5.82 Å². The second kappa shape index (κ2) is 5.18. The van der Waals surface area contributed by atoms with Crippen molar-refractivity contribution in [1.82, 2.24) is 15.3 Å². The zero-order valence-electron chi connectivity index (χ0n) is 9.07. The third-order valence-corrected chi connectivity index (χ3v) is 2.34. The average molecular weight is 227 g/mol. The van der Waals surface area contributed by atoms with Gasteiger partial charge in [0.05, 0.1) is 12.3 Å². The highest BCUT2D eigenvalue weighted by Crippen LogP contribution is 2.14. The van der Waals surface area contributed by atoms with Crippen molar-refractivity contribution in [2.45, 2.75) is 13.0 Å². The van der Waals surface area contributed by atoms with Crippen LogP contribution < -0.4 is 10.1 Å². The Hall–Kier alpha value is -1.27. The molecule has 1 fully saturated rings. The van der Waals surface area contributed by atoms with Crippen molar-refractivity contribution in [3.63, 3.8) is 0 Å². The molecule has 5 nitrogen and oxygen atoms in total. The SMILES string of the molecule is Cc1ncnc(OCC2CNCCO2)c1F. The minimum Gasteiger partial charge on any atom is -0.473 e. The van der Waals surface area contributed by atoms with Crippen LogP contribution in [-0.2, 0) is 4.74 Å². The van der Waals surface area contributed by atoms with Crippen LogP contribution in [-0.4, -0.2) is 42.4 Å². The van der Waals surface area contributed by atoms with Gasteiger partial charge in [-0.05, 0) is 6.92 Å². The van der Waals surface area contributed by atoms with Crippen LogP contribution in [0, 0.1) is 12.7 Å². The molecular weight excluding hydrogens is 213 g/mol. The number of nitrogens with one attached hydrogen (secondary N) is 1. The van der Waals surface area contributed by atoms with Gasteiger partial charge in [0.1, 0.15) is 19.0 Å². The van der Waals surface area contributed by atoms with E-state index in [1.165, 1.54) is 6.33 Å². The lowest BCUT2D eigenvalue weighted by atomic mass is 10.3. The zero-order chi connectivity index (χ0) is 11.4. The molecule has 6 heteroatoms. The minimum atomic E-state index is -0.508. The summed E-state index contributed by atoms with van der Waals surface area (Å²) >= 11 is 0. The van der Waals surface area contributed by atoms with E-state index in [0.717, 1.165) is 6.54 Å². The number of halogens is 1. The van der Waals surface area contributed by atoms with E-state index in [1.807, 2.05) is 0 Å². The van der Waals surface area contributed by atoms with Crippen molar-refractivity contribution in [2.75, 3.05) is 26.3 Å². The summed E-state index contributed by atoms with van der Waals surface area (Å²) in [7, 11) is 0. The number of rotatable bonds is 3. The van der Waals surface area contributed by atoms with Gasteiger partial charge in [-0.25, -0.2) is 4.98 Å². The van der Waals surface area contributed by atoms with Gasteiger partial charge in [0, 0.05) is 13.1 Å². The van der Waals surface area contributed by atoms with Crippen LogP contribution in [0.5, 0.6) is 5.88 Å². The Morgan fingerprint density at radius 3 is 3.25 bits per heavy atom. The maximum Gasteiger partial charge on any atom is 0.253 e. The lowest BCUT2D eigenvalue weighted by Crippen LogP contribution is -2.41. The van der Waals surface area contributed by atoms with Gasteiger partial charge in [-0.15, -0.1) is 0 Å². The monoisotopic (exact) mass is 227 g/mol.